The van der Waals surface area contributed by atoms with Crippen LogP contribution < -0.4 is 19.1 Å². The van der Waals surface area contributed by atoms with E-state index in [0.29, 0.717) is 39.5 Å². The van der Waals surface area contributed by atoms with E-state index in [4.69, 9.17) is 25.8 Å². The van der Waals surface area contributed by atoms with Gasteiger partial charge >= 0.3 is 0 Å². The molecule has 1 fully saturated rings. The Kier molecular flexibility index (Phi) is 6.91. The van der Waals surface area contributed by atoms with Crippen LogP contribution in [0.3, 0.4) is 0 Å². The normalized spacial score (nSPS) is 14.6. The molecule has 1 heterocycles. The van der Waals surface area contributed by atoms with Crippen molar-refractivity contribution in [1.82, 2.24) is 0 Å². The summed E-state index contributed by atoms with van der Waals surface area (Å²) < 4.78 is 16.3. The fourth-order valence-corrected chi connectivity index (χ4v) is 4.26. The zero-order valence-corrected chi connectivity index (χ0v) is 19.5. The Morgan fingerprint density at radius 1 is 0.939 bits per heavy atom. The lowest BCUT2D eigenvalue weighted by Crippen LogP contribution is -2.28. The summed E-state index contributed by atoms with van der Waals surface area (Å²) >= 11 is 7.04. The van der Waals surface area contributed by atoms with Crippen LogP contribution in [0.5, 0.6) is 17.2 Å². The van der Waals surface area contributed by atoms with E-state index in [2.05, 4.69) is 0 Å². The monoisotopic (exact) mass is 481 g/mol. The first kappa shape index (κ1) is 22.8. The first-order chi connectivity index (χ1) is 16.0. The van der Waals surface area contributed by atoms with Gasteiger partial charge in [-0.15, -0.1) is 0 Å². The second-order valence-corrected chi connectivity index (χ2v) is 8.40. The van der Waals surface area contributed by atoms with Crippen LogP contribution in [0.1, 0.15) is 11.1 Å². The molecule has 0 aromatic heterocycles. The van der Waals surface area contributed by atoms with Crippen molar-refractivity contribution in [2.24, 2.45) is 0 Å². The summed E-state index contributed by atoms with van der Waals surface area (Å²) in [6, 6.07) is 19.7. The van der Waals surface area contributed by atoms with Crippen LogP contribution in [0.4, 0.5) is 10.5 Å². The lowest BCUT2D eigenvalue weighted by molar-refractivity contribution is -0.113. The molecule has 4 rings (SSSR count). The number of ether oxygens (including phenoxy) is 3. The Labute approximate surface area is 200 Å². The predicted octanol–water partition coefficient (Wildman–Crippen LogP) is 6.18. The molecule has 33 heavy (non-hydrogen) atoms. The highest BCUT2D eigenvalue weighted by molar-refractivity contribution is 8.19. The van der Waals surface area contributed by atoms with Crippen molar-refractivity contribution in [3.05, 3.63) is 87.8 Å². The van der Waals surface area contributed by atoms with Crippen LogP contribution >= 0.6 is 23.4 Å². The van der Waals surface area contributed by atoms with Crippen LogP contribution in [0, 0.1) is 0 Å². The maximum Gasteiger partial charge on any atom is 0.298 e. The highest BCUT2D eigenvalue weighted by Crippen LogP contribution is 2.41. The molecule has 0 aliphatic carbocycles. The van der Waals surface area contributed by atoms with Gasteiger partial charge in [0.1, 0.15) is 23.9 Å². The lowest BCUT2D eigenvalue weighted by Gasteiger charge is -2.16. The summed E-state index contributed by atoms with van der Waals surface area (Å²) in [7, 11) is 3.01. The number of carbonyl (C=O) groups excluding carboxylic acids is 2. The van der Waals surface area contributed by atoms with E-state index in [9.17, 15) is 9.59 Å². The number of rotatable bonds is 7. The smallest absolute Gasteiger partial charge is 0.298 e. The van der Waals surface area contributed by atoms with Crippen molar-refractivity contribution in [1.29, 1.82) is 0 Å². The zero-order valence-electron chi connectivity index (χ0n) is 17.9. The molecule has 6 nitrogen and oxygen atoms in total. The molecule has 2 amide bonds. The number of anilines is 1. The molecule has 3 aromatic carbocycles. The van der Waals surface area contributed by atoms with E-state index < -0.39 is 11.1 Å². The molecule has 0 bridgehead atoms. The highest BCUT2D eigenvalue weighted by Gasteiger charge is 2.37. The summed E-state index contributed by atoms with van der Waals surface area (Å²) in [5.74, 6) is 1.20. The number of halogens is 1. The number of imide groups is 1. The van der Waals surface area contributed by atoms with Crippen LogP contribution in [0.25, 0.3) is 6.08 Å². The topological polar surface area (TPSA) is 65.1 Å². The Morgan fingerprint density at radius 2 is 1.67 bits per heavy atom. The first-order valence-corrected chi connectivity index (χ1v) is 11.2. The first-order valence-electron chi connectivity index (χ1n) is 9.96. The number of carbonyl (C=O) groups is 2. The molecule has 1 aliphatic rings. The van der Waals surface area contributed by atoms with E-state index in [1.807, 2.05) is 36.4 Å². The molecule has 168 valence electrons. The van der Waals surface area contributed by atoms with Gasteiger partial charge in [0.25, 0.3) is 11.1 Å². The van der Waals surface area contributed by atoms with Gasteiger partial charge in [-0.25, -0.2) is 4.90 Å². The molecule has 0 saturated carbocycles. The zero-order chi connectivity index (χ0) is 23.4. The summed E-state index contributed by atoms with van der Waals surface area (Å²) in [5.41, 5.74) is 2.03. The van der Waals surface area contributed by atoms with Crippen molar-refractivity contribution >= 4 is 46.3 Å². The minimum absolute atomic E-state index is 0.322. The van der Waals surface area contributed by atoms with E-state index in [1.165, 1.54) is 14.2 Å². The largest absolute Gasteiger partial charge is 0.497 e. The average molecular weight is 482 g/mol. The molecule has 3 aromatic rings. The lowest BCUT2D eigenvalue weighted by atomic mass is 10.2. The predicted molar refractivity (Wildman–Crippen MR) is 130 cm³/mol. The third-order valence-electron chi connectivity index (χ3n) is 4.95. The molecule has 0 unspecified atom stereocenters. The molecule has 8 heteroatoms. The quantitative estimate of drug-likeness (QED) is 0.375. The second kappa shape index (κ2) is 10.0. The van der Waals surface area contributed by atoms with Gasteiger partial charge in [0.2, 0.25) is 0 Å². The summed E-state index contributed by atoms with van der Waals surface area (Å²) in [4.78, 5) is 27.0. The van der Waals surface area contributed by atoms with E-state index in [0.717, 1.165) is 27.8 Å². The Balaban J connectivity index is 1.49. The van der Waals surface area contributed by atoms with Gasteiger partial charge in [0.15, 0.2) is 0 Å². The Morgan fingerprint density at radius 3 is 2.36 bits per heavy atom. The van der Waals surface area contributed by atoms with Crippen molar-refractivity contribution in [3.63, 3.8) is 0 Å². The van der Waals surface area contributed by atoms with Gasteiger partial charge in [0, 0.05) is 16.7 Å². The van der Waals surface area contributed by atoms with Crippen LogP contribution in [-0.4, -0.2) is 25.4 Å². The minimum Gasteiger partial charge on any atom is -0.497 e. The second-order valence-electron chi connectivity index (χ2n) is 7.00. The van der Waals surface area contributed by atoms with Crippen LogP contribution in [0.15, 0.2) is 71.6 Å². The highest BCUT2D eigenvalue weighted by atomic mass is 35.5. The van der Waals surface area contributed by atoms with Gasteiger partial charge in [-0.2, -0.15) is 0 Å². The molecular weight excluding hydrogens is 462 g/mol. The Bertz CT molecular complexity index is 1230. The maximum absolute atomic E-state index is 13.0. The van der Waals surface area contributed by atoms with Gasteiger partial charge in [-0.05, 0) is 53.7 Å². The Hall–Kier alpha value is -3.42. The van der Waals surface area contributed by atoms with Crippen LogP contribution in [-0.2, 0) is 11.4 Å². The summed E-state index contributed by atoms with van der Waals surface area (Å²) in [6.45, 7) is 0.349. The van der Waals surface area contributed by atoms with Crippen molar-refractivity contribution < 1.29 is 23.8 Å². The number of nitrogens with zero attached hydrogens (tertiary/aromatic N) is 1. The minimum atomic E-state index is -0.410. The van der Waals surface area contributed by atoms with E-state index >= 15 is 0 Å². The number of methoxy groups -OCH3 is 2. The van der Waals surface area contributed by atoms with Gasteiger partial charge < -0.3 is 14.2 Å². The van der Waals surface area contributed by atoms with Crippen molar-refractivity contribution in [2.45, 2.75) is 6.61 Å². The molecule has 1 saturated heterocycles. The fourth-order valence-electron chi connectivity index (χ4n) is 3.23. The molecule has 0 radical (unpaired) electrons. The molecule has 0 spiro atoms. The molecule has 0 N–H and O–H groups in total. The van der Waals surface area contributed by atoms with Crippen LogP contribution in [0.2, 0.25) is 5.02 Å². The van der Waals surface area contributed by atoms with E-state index in [-0.39, 0.29) is 0 Å². The third-order valence-corrected chi connectivity index (χ3v) is 6.19. The van der Waals surface area contributed by atoms with Gasteiger partial charge in [0.05, 0.1) is 24.8 Å². The molecule has 0 atom stereocenters. The van der Waals surface area contributed by atoms with Gasteiger partial charge in [-0.3, -0.25) is 9.59 Å². The molecular formula is C25H20ClNO5S. The summed E-state index contributed by atoms with van der Waals surface area (Å²) in [6.07, 6.45) is 1.68. The number of hydrogen-bond acceptors (Lipinski definition) is 6. The SMILES string of the molecule is COc1ccc(N2C(=O)S/C(=C\c3ccc(OCc4ccccc4Cl)cc3)C2=O)c(OC)c1. The average Bonchev–Trinajstić information content (AvgIpc) is 3.11. The standard InChI is InChI=1S/C25H20ClNO5S/c1-30-19-11-12-21(22(14-19)31-2)27-24(28)23(33-25(27)29)13-16-7-9-18(10-8-16)32-15-17-5-3-4-6-20(17)26/h3-14H,15H2,1-2H3/b23-13-. The van der Waals surface area contributed by atoms with Crippen molar-refractivity contribution in [3.8, 4) is 17.2 Å². The molecule has 1 aliphatic heterocycles. The number of benzene rings is 3. The summed E-state index contributed by atoms with van der Waals surface area (Å²) in [5, 5.41) is 0.257. The van der Waals surface area contributed by atoms with Gasteiger partial charge in [-0.1, -0.05) is 41.9 Å². The third kappa shape index (κ3) is 4.99. The fraction of sp³-hybridized carbons (Fsp3) is 0.120. The number of amides is 2. The number of thioether (sulfide) groups is 1. The number of hydrogen-bond donors (Lipinski definition) is 0. The van der Waals surface area contributed by atoms with E-state index in [1.54, 1.807) is 36.4 Å². The van der Waals surface area contributed by atoms with Crippen molar-refractivity contribution in [2.75, 3.05) is 19.1 Å². The maximum atomic E-state index is 13.0.